The third-order valence-corrected chi connectivity index (χ3v) is 4.45. The summed E-state index contributed by atoms with van der Waals surface area (Å²) < 4.78 is 53.0. The highest BCUT2D eigenvalue weighted by atomic mass is 79.9. The van der Waals surface area contributed by atoms with E-state index in [1.54, 1.807) is 12.4 Å². The minimum Gasteiger partial charge on any atom is -0.339 e. The Kier molecular flexibility index (Phi) is 6.81. The average molecular weight is 456 g/mol. The second kappa shape index (κ2) is 8.49. The molecule has 1 aromatic carbocycles. The molecule has 3 rings (SSSR count). The van der Waals surface area contributed by atoms with E-state index in [2.05, 4.69) is 31.2 Å². The molecule has 2 aromatic rings. The van der Waals surface area contributed by atoms with E-state index in [9.17, 15) is 17.6 Å². The van der Waals surface area contributed by atoms with Crippen molar-refractivity contribution in [2.75, 3.05) is 18.0 Å². The Labute approximate surface area is 162 Å². The van der Waals surface area contributed by atoms with Gasteiger partial charge in [0.25, 0.3) is 0 Å². The van der Waals surface area contributed by atoms with Crippen molar-refractivity contribution in [3.8, 4) is 0 Å². The molecule has 26 heavy (non-hydrogen) atoms. The van der Waals surface area contributed by atoms with Crippen LogP contribution >= 0.6 is 28.3 Å². The molecule has 142 valence electrons. The molecule has 2 heterocycles. The van der Waals surface area contributed by atoms with Crippen LogP contribution in [-0.2, 0) is 12.7 Å². The largest absolute Gasteiger partial charge is 0.416 e. The molecule has 0 amide bonds. The van der Waals surface area contributed by atoms with Crippen LogP contribution in [-0.4, -0.2) is 29.1 Å². The van der Waals surface area contributed by atoms with E-state index in [0.717, 1.165) is 23.5 Å². The summed E-state index contributed by atoms with van der Waals surface area (Å²) in [4.78, 5) is 10.4. The fourth-order valence-corrected chi connectivity index (χ4v) is 3.00. The predicted octanol–water partition coefficient (Wildman–Crippen LogP) is 4.19. The van der Waals surface area contributed by atoms with Crippen LogP contribution in [0.3, 0.4) is 0 Å². The van der Waals surface area contributed by atoms with Crippen molar-refractivity contribution in [1.29, 1.82) is 0 Å². The van der Waals surface area contributed by atoms with Crippen LogP contribution in [0.1, 0.15) is 17.5 Å². The van der Waals surface area contributed by atoms with Crippen molar-refractivity contribution in [2.24, 2.45) is 0 Å². The summed E-state index contributed by atoms with van der Waals surface area (Å²) in [6, 6.07) is 2.77. The van der Waals surface area contributed by atoms with Crippen molar-refractivity contribution in [1.82, 2.24) is 15.3 Å². The molecule has 1 aliphatic heterocycles. The number of anilines is 1. The maximum absolute atomic E-state index is 13.1. The molecule has 1 atom stereocenters. The number of aromatic nitrogens is 2. The Hall–Kier alpha value is -1.45. The lowest BCUT2D eigenvalue weighted by Crippen LogP contribution is -2.33. The molecule has 1 aliphatic rings. The van der Waals surface area contributed by atoms with Crippen molar-refractivity contribution in [2.45, 2.75) is 25.2 Å². The predicted molar refractivity (Wildman–Crippen MR) is 95.8 cm³/mol. The topological polar surface area (TPSA) is 41.0 Å². The number of hydrogen-bond acceptors (Lipinski definition) is 4. The summed E-state index contributed by atoms with van der Waals surface area (Å²) in [6.45, 7) is 1.34. The third kappa shape index (κ3) is 5.05. The van der Waals surface area contributed by atoms with Crippen LogP contribution in [0.2, 0.25) is 0 Å². The summed E-state index contributed by atoms with van der Waals surface area (Å²) in [5.41, 5.74) is -0.904. The summed E-state index contributed by atoms with van der Waals surface area (Å²) in [5.74, 6) is -0.305. The van der Waals surface area contributed by atoms with Crippen LogP contribution < -0.4 is 10.2 Å². The van der Waals surface area contributed by atoms with Gasteiger partial charge in [0, 0.05) is 38.1 Å². The molecule has 10 heteroatoms. The second-order valence-corrected chi connectivity index (χ2v) is 6.73. The first-order chi connectivity index (χ1) is 11.8. The molecule has 0 spiro atoms. The highest BCUT2D eigenvalue weighted by Crippen LogP contribution is 2.32. The Morgan fingerprint density at radius 2 is 1.92 bits per heavy atom. The summed E-state index contributed by atoms with van der Waals surface area (Å²) in [6.07, 6.45) is -0.511. The van der Waals surface area contributed by atoms with Gasteiger partial charge in [-0.25, -0.2) is 14.4 Å². The smallest absolute Gasteiger partial charge is 0.339 e. The molecule has 4 nitrogen and oxygen atoms in total. The van der Waals surface area contributed by atoms with Gasteiger partial charge >= 0.3 is 6.18 Å². The minimum atomic E-state index is -4.58. The molecule has 1 saturated heterocycles. The van der Waals surface area contributed by atoms with Gasteiger partial charge in [0.15, 0.2) is 0 Å². The van der Waals surface area contributed by atoms with E-state index in [1.165, 1.54) is 6.07 Å². The maximum atomic E-state index is 13.1. The summed E-state index contributed by atoms with van der Waals surface area (Å²) >= 11 is 3.27. The van der Waals surface area contributed by atoms with Crippen molar-refractivity contribution in [3.63, 3.8) is 0 Å². The SMILES string of the molecule is Cl.Fc1ccc(CNC2CCN(c3ncc(Br)cn3)C2)c(C(F)(F)F)c1. The molecule has 0 saturated carbocycles. The number of benzene rings is 1. The Morgan fingerprint density at radius 1 is 1.23 bits per heavy atom. The summed E-state index contributed by atoms with van der Waals surface area (Å²) in [5, 5.41) is 3.11. The van der Waals surface area contributed by atoms with E-state index >= 15 is 0 Å². The first-order valence-corrected chi connectivity index (χ1v) is 8.44. The van der Waals surface area contributed by atoms with Gasteiger partial charge in [0.1, 0.15) is 5.82 Å². The zero-order valence-corrected chi connectivity index (χ0v) is 15.8. The highest BCUT2D eigenvalue weighted by molar-refractivity contribution is 9.10. The number of alkyl halides is 3. The van der Waals surface area contributed by atoms with Crippen LogP contribution in [0, 0.1) is 5.82 Å². The minimum absolute atomic E-state index is 0. The molecule has 0 bridgehead atoms. The first kappa shape index (κ1) is 20.9. The lowest BCUT2D eigenvalue weighted by Gasteiger charge is -2.18. The monoisotopic (exact) mass is 454 g/mol. The molecule has 1 aromatic heterocycles. The maximum Gasteiger partial charge on any atom is 0.416 e. The fraction of sp³-hybridized carbons (Fsp3) is 0.375. The van der Waals surface area contributed by atoms with Crippen molar-refractivity contribution in [3.05, 3.63) is 52.0 Å². The van der Waals surface area contributed by atoms with Gasteiger partial charge in [-0.3, -0.25) is 0 Å². The van der Waals surface area contributed by atoms with Crippen molar-refractivity contribution < 1.29 is 17.6 Å². The van der Waals surface area contributed by atoms with Crippen LogP contribution in [0.25, 0.3) is 0 Å². The number of rotatable bonds is 4. The molecule has 0 radical (unpaired) electrons. The zero-order valence-electron chi connectivity index (χ0n) is 13.4. The average Bonchev–Trinajstić information content (AvgIpc) is 3.02. The van der Waals surface area contributed by atoms with E-state index in [4.69, 9.17) is 0 Å². The van der Waals surface area contributed by atoms with E-state index in [0.29, 0.717) is 18.6 Å². The van der Waals surface area contributed by atoms with Crippen molar-refractivity contribution >= 4 is 34.3 Å². The zero-order chi connectivity index (χ0) is 18.0. The van der Waals surface area contributed by atoms with Gasteiger partial charge in [-0.2, -0.15) is 13.2 Å². The Bertz CT molecular complexity index is 742. The number of nitrogens with zero attached hydrogens (tertiary/aromatic N) is 3. The van der Waals surface area contributed by atoms with Crippen LogP contribution in [0.4, 0.5) is 23.5 Å². The number of halogens is 6. The molecule has 1 unspecified atom stereocenters. The van der Waals surface area contributed by atoms with Gasteiger partial charge < -0.3 is 10.2 Å². The fourth-order valence-electron chi connectivity index (χ4n) is 2.80. The van der Waals surface area contributed by atoms with Gasteiger partial charge in [-0.15, -0.1) is 12.4 Å². The lowest BCUT2D eigenvalue weighted by molar-refractivity contribution is -0.138. The highest BCUT2D eigenvalue weighted by Gasteiger charge is 2.34. The van der Waals surface area contributed by atoms with E-state index < -0.39 is 17.6 Å². The van der Waals surface area contributed by atoms with Gasteiger partial charge in [0.2, 0.25) is 5.95 Å². The van der Waals surface area contributed by atoms with Crippen LogP contribution in [0.5, 0.6) is 0 Å². The Balaban J connectivity index is 0.00000243. The summed E-state index contributed by atoms with van der Waals surface area (Å²) in [7, 11) is 0. The molecule has 1 fully saturated rings. The number of hydrogen-bond donors (Lipinski definition) is 1. The van der Waals surface area contributed by atoms with Gasteiger partial charge in [0.05, 0.1) is 10.0 Å². The standard InChI is InChI=1S/C16H15BrF4N4.ClH/c17-11-7-23-15(24-8-11)25-4-3-13(9-25)22-6-10-1-2-12(18)5-14(10)16(19,20)21;/h1-2,5,7-8,13,22H,3-4,6,9H2;1H. The lowest BCUT2D eigenvalue weighted by atomic mass is 10.1. The van der Waals surface area contributed by atoms with Gasteiger partial charge in [-0.1, -0.05) is 6.07 Å². The van der Waals surface area contributed by atoms with E-state index in [1.807, 2.05) is 4.90 Å². The quantitative estimate of drug-likeness (QED) is 0.702. The molecule has 1 N–H and O–H groups in total. The molecule has 0 aliphatic carbocycles. The van der Waals surface area contributed by atoms with E-state index in [-0.39, 0.29) is 30.6 Å². The molecular weight excluding hydrogens is 440 g/mol. The second-order valence-electron chi connectivity index (χ2n) is 5.81. The van der Waals surface area contributed by atoms with Crippen LogP contribution in [0.15, 0.2) is 35.1 Å². The first-order valence-electron chi connectivity index (χ1n) is 7.64. The Morgan fingerprint density at radius 3 is 2.58 bits per heavy atom. The molecular formula is C16H16BrClF4N4. The normalized spacial score (nSPS) is 17.3. The number of nitrogens with one attached hydrogen (secondary N) is 1. The third-order valence-electron chi connectivity index (χ3n) is 4.04. The van der Waals surface area contributed by atoms with Gasteiger partial charge in [-0.05, 0) is 40.0 Å².